The Morgan fingerprint density at radius 2 is 1.60 bits per heavy atom. The van der Waals surface area contributed by atoms with E-state index >= 15 is 0 Å². The topological polar surface area (TPSA) is 0 Å². The zero-order chi connectivity index (χ0) is 10.7. The minimum atomic E-state index is 0.496. The van der Waals surface area contributed by atoms with E-state index in [9.17, 15) is 0 Å². The Labute approximate surface area is 97.5 Å². The van der Waals surface area contributed by atoms with E-state index in [1.807, 2.05) is 0 Å². The fourth-order valence-electron chi connectivity index (χ4n) is 1.76. The maximum absolute atomic E-state index is 2.25. The van der Waals surface area contributed by atoms with Crippen LogP contribution >= 0.6 is 11.8 Å². The molecule has 0 nitrogen and oxygen atoms in total. The quantitative estimate of drug-likeness (QED) is 0.689. The summed E-state index contributed by atoms with van der Waals surface area (Å²) in [6, 6.07) is 8.84. The molecule has 1 atom stereocenters. The van der Waals surface area contributed by atoms with E-state index in [-0.39, 0.29) is 0 Å². The Morgan fingerprint density at radius 1 is 1.00 bits per heavy atom. The fraction of sp³-hybridized carbons (Fsp3) is 0.214. The third-order valence-electron chi connectivity index (χ3n) is 2.80. The van der Waals surface area contributed by atoms with Crippen LogP contribution in [0.25, 0.3) is 0 Å². The summed E-state index contributed by atoms with van der Waals surface area (Å²) in [4.78, 5) is 1.33. The van der Waals surface area contributed by atoms with E-state index in [0.29, 0.717) is 5.92 Å². The molecular formula is C14H15S. The molecule has 0 spiro atoms. The smallest absolute Gasteiger partial charge is 0.00693 e. The number of rotatable bonds is 3. The van der Waals surface area contributed by atoms with Gasteiger partial charge in [-0.05, 0) is 61.5 Å². The summed E-state index contributed by atoms with van der Waals surface area (Å²) in [7, 11) is 0. The molecule has 5 radical (unpaired) electrons. The van der Waals surface area contributed by atoms with E-state index in [1.54, 1.807) is 11.8 Å². The third-order valence-corrected chi connectivity index (χ3v) is 3.55. The van der Waals surface area contributed by atoms with Crippen molar-refractivity contribution in [2.45, 2.75) is 17.7 Å². The highest BCUT2D eigenvalue weighted by Crippen LogP contribution is 2.36. The van der Waals surface area contributed by atoms with Crippen molar-refractivity contribution in [3.05, 3.63) is 61.4 Å². The van der Waals surface area contributed by atoms with Crippen molar-refractivity contribution in [2.24, 2.45) is 0 Å². The summed E-state index contributed by atoms with van der Waals surface area (Å²) >= 11 is 1.79. The molecule has 1 aliphatic rings. The van der Waals surface area contributed by atoms with Crippen molar-refractivity contribution >= 4 is 11.8 Å². The molecule has 0 N–H and O–H groups in total. The van der Waals surface area contributed by atoms with E-state index < -0.39 is 0 Å². The van der Waals surface area contributed by atoms with Gasteiger partial charge in [-0.25, -0.2) is 0 Å². The van der Waals surface area contributed by atoms with Gasteiger partial charge in [0.2, 0.25) is 0 Å². The molecule has 15 heavy (non-hydrogen) atoms. The highest BCUT2D eigenvalue weighted by atomic mass is 32.2. The first kappa shape index (κ1) is 11.1. The van der Waals surface area contributed by atoms with Crippen LogP contribution in [0.15, 0.2) is 29.2 Å². The molecule has 1 saturated carbocycles. The molecule has 0 heterocycles. The zero-order valence-corrected chi connectivity index (χ0v) is 9.92. The lowest BCUT2D eigenvalue weighted by molar-refractivity contribution is 0.826. The first-order valence-electron chi connectivity index (χ1n) is 5.17. The molecule has 1 aromatic rings. The molecule has 77 valence electrons. The van der Waals surface area contributed by atoms with Gasteiger partial charge in [-0.15, -0.1) is 11.8 Å². The monoisotopic (exact) mass is 215 g/mol. The molecule has 0 aliphatic heterocycles. The predicted octanol–water partition coefficient (Wildman–Crippen LogP) is 3.92. The van der Waals surface area contributed by atoms with E-state index in [2.05, 4.69) is 63.1 Å². The first-order chi connectivity index (χ1) is 7.31. The zero-order valence-electron chi connectivity index (χ0n) is 9.10. The van der Waals surface area contributed by atoms with Gasteiger partial charge in [0.05, 0.1) is 0 Å². The summed E-state index contributed by atoms with van der Waals surface area (Å²) in [5.74, 6) is 1.89. The number of hydrogen-bond acceptors (Lipinski definition) is 1. The summed E-state index contributed by atoms with van der Waals surface area (Å²) in [5, 5.41) is 0. The lowest BCUT2D eigenvalue weighted by Crippen LogP contribution is -2.04. The molecular weight excluding hydrogens is 200 g/mol. The molecule has 1 fully saturated rings. The molecule has 1 heteroatoms. The summed E-state index contributed by atoms with van der Waals surface area (Å²) in [6.07, 6.45) is 10.7. The summed E-state index contributed by atoms with van der Waals surface area (Å²) in [6.45, 7) is 2.25. The highest BCUT2D eigenvalue weighted by Gasteiger charge is 2.23. The minimum Gasteiger partial charge on any atom is -0.130 e. The van der Waals surface area contributed by atoms with E-state index in [4.69, 9.17) is 0 Å². The van der Waals surface area contributed by atoms with E-state index in [0.717, 1.165) is 0 Å². The van der Waals surface area contributed by atoms with Crippen molar-refractivity contribution in [3.63, 3.8) is 0 Å². The molecule has 1 aliphatic carbocycles. The Kier molecular flexibility index (Phi) is 3.74. The Hall–Kier alpha value is -0.430. The fourth-order valence-corrected chi connectivity index (χ4v) is 2.17. The van der Waals surface area contributed by atoms with Gasteiger partial charge in [-0.2, -0.15) is 0 Å². The lowest BCUT2D eigenvalue weighted by Gasteiger charge is -2.18. The van der Waals surface area contributed by atoms with Crippen molar-refractivity contribution in [2.75, 3.05) is 6.26 Å². The van der Waals surface area contributed by atoms with Crippen LogP contribution < -0.4 is 0 Å². The minimum absolute atomic E-state index is 0.496. The van der Waals surface area contributed by atoms with Crippen LogP contribution in [0.4, 0.5) is 0 Å². The SMILES string of the molecule is CSc1ccc(C(C)[C]2[CH][CH][CH][CH]2)cc1. The molecule has 0 aromatic heterocycles. The average molecular weight is 215 g/mol. The first-order valence-corrected chi connectivity index (χ1v) is 6.39. The van der Waals surface area contributed by atoms with Crippen molar-refractivity contribution in [1.29, 1.82) is 0 Å². The van der Waals surface area contributed by atoms with Crippen LogP contribution in [-0.4, -0.2) is 6.26 Å². The summed E-state index contributed by atoms with van der Waals surface area (Å²) in [5.41, 5.74) is 1.39. The van der Waals surface area contributed by atoms with Gasteiger partial charge in [-0.1, -0.05) is 19.1 Å². The molecule has 0 saturated heterocycles. The number of thioether (sulfide) groups is 1. The van der Waals surface area contributed by atoms with Gasteiger partial charge in [0.25, 0.3) is 0 Å². The van der Waals surface area contributed by atoms with Crippen LogP contribution in [0.3, 0.4) is 0 Å². The Bertz CT molecular complexity index is 296. The van der Waals surface area contributed by atoms with Gasteiger partial charge in [0.1, 0.15) is 0 Å². The normalized spacial score (nSPS) is 19.3. The molecule has 1 unspecified atom stereocenters. The van der Waals surface area contributed by atoms with Gasteiger partial charge in [-0.3, -0.25) is 0 Å². The second-order valence-corrected chi connectivity index (χ2v) is 4.59. The largest absolute Gasteiger partial charge is 0.130 e. The van der Waals surface area contributed by atoms with Gasteiger partial charge in [0, 0.05) is 4.90 Å². The second-order valence-electron chi connectivity index (χ2n) is 3.71. The third kappa shape index (κ3) is 2.57. The Balaban J connectivity index is 2.07. The average Bonchev–Trinajstić information content (AvgIpc) is 2.82. The number of benzene rings is 1. The molecule has 0 amide bonds. The van der Waals surface area contributed by atoms with Gasteiger partial charge < -0.3 is 0 Å². The molecule has 0 bridgehead atoms. The molecule has 1 aromatic carbocycles. The lowest BCUT2D eigenvalue weighted by atomic mass is 9.87. The van der Waals surface area contributed by atoms with Crippen molar-refractivity contribution in [3.8, 4) is 0 Å². The van der Waals surface area contributed by atoms with E-state index in [1.165, 1.54) is 16.4 Å². The highest BCUT2D eigenvalue weighted by molar-refractivity contribution is 7.98. The van der Waals surface area contributed by atoms with Crippen LogP contribution in [0.2, 0.25) is 0 Å². The molecule has 2 rings (SSSR count). The van der Waals surface area contributed by atoms with Crippen LogP contribution in [0.5, 0.6) is 0 Å². The second kappa shape index (κ2) is 5.07. The maximum atomic E-state index is 2.25. The van der Waals surface area contributed by atoms with Crippen molar-refractivity contribution < 1.29 is 0 Å². The number of hydrogen-bond donors (Lipinski definition) is 0. The van der Waals surface area contributed by atoms with Crippen LogP contribution in [0.1, 0.15) is 18.4 Å². The van der Waals surface area contributed by atoms with Crippen LogP contribution in [-0.2, 0) is 0 Å². The van der Waals surface area contributed by atoms with Crippen molar-refractivity contribution in [1.82, 2.24) is 0 Å². The maximum Gasteiger partial charge on any atom is 0.00693 e. The summed E-state index contributed by atoms with van der Waals surface area (Å²) < 4.78 is 0. The van der Waals surface area contributed by atoms with Gasteiger partial charge in [0.15, 0.2) is 0 Å². The van der Waals surface area contributed by atoms with Crippen LogP contribution in [0, 0.1) is 31.6 Å². The predicted molar refractivity (Wildman–Crippen MR) is 67.1 cm³/mol. The Morgan fingerprint density at radius 3 is 2.13 bits per heavy atom. The van der Waals surface area contributed by atoms with Gasteiger partial charge >= 0.3 is 0 Å². The standard InChI is InChI=1S/C14H15S/c1-11(12-5-3-4-6-12)13-7-9-14(15-2)10-8-13/h3-11H,1-2H3.